The van der Waals surface area contributed by atoms with Gasteiger partial charge in [-0.1, -0.05) is 108 Å². The molecular weight excluding hydrogens is 639 g/mol. The van der Waals surface area contributed by atoms with Gasteiger partial charge in [-0.05, 0) is 93.6 Å². The number of aryl methyl sites for hydroxylation is 3. The average Bonchev–Trinajstić information content (AvgIpc) is 3.12. The van der Waals surface area contributed by atoms with Crippen molar-refractivity contribution in [2.24, 2.45) is 0 Å². The summed E-state index contributed by atoms with van der Waals surface area (Å²) in [6.07, 6.45) is -0.241. The van der Waals surface area contributed by atoms with Crippen molar-refractivity contribution >= 4 is 70.7 Å². The third-order valence-corrected chi connectivity index (χ3v) is 12.0. The summed E-state index contributed by atoms with van der Waals surface area (Å²) in [6, 6.07) is 59.7. The minimum atomic E-state index is -0.0802. The predicted molar refractivity (Wildman–Crippen MR) is 215 cm³/mol. The molecule has 3 nitrogen and oxygen atoms in total. The van der Waals surface area contributed by atoms with Gasteiger partial charge in [-0.2, -0.15) is 0 Å². The van der Waals surface area contributed by atoms with E-state index in [4.69, 9.17) is 0 Å². The molecule has 6 aromatic carbocycles. The second-order valence-electron chi connectivity index (χ2n) is 12.0. The van der Waals surface area contributed by atoms with E-state index in [9.17, 15) is 0 Å². The number of rotatable bonds is 9. The fraction of sp³-hybridized carbons (Fsp3) is 0.0769. The van der Waals surface area contributed by atoms with Gasteiger partial charge in [0.2, 0.25) is 0 Å². The van der Waals surface area contributed by atoms with E-state index in [1.807, 2.05) is 34.8 Å². The van der Waals surface area contributed by atoms with Gasteiger partial charge in [-0.3, -0.25) is 0 Å². The minimum absolute atomic E-state index is 0.0802. The maximum atomic E-state index is 2.61. The molecule has 0 bridgehead atoms. The molecule has 6 aromatic rings. The summed E-state index contributed by atoms with van der Waals surface area (Å²) in [5.41, 5.74) is 7.31. The molecule has 0 spiro atoms. The number of hydrogen-bond donors (Lipinski definition) is 0. The van der Waals surface area contributed by atoms with E-state index >= 15 is 0 Å². The highest BCUT2D eigenvalue weighted by atomic mass is 32.2. The Hall–Kier alpha value is -4.04. The van der Waals surface area contributed by atoms with Gasteiger partial charge >= 0.3 is 18.8 Å². The van der Waals surface area contributed by atoms with Crippen LogP contribution in [0, 0.1) is 20.8 Å². The zero-order valence-corrected chi connectivity index (χ0v) is 29.8. The van der Waals surface area contributed by atoms with E-state index in [2.05, 4.69) is 199 Å². The van der Waals surface area contributed by atoms with Gasteiger partial charge in [-0.15, -0.1) is 34.8 Å². The first-order valence-corrected chi connectivity index (χ1v) is 18.9. The highest BCUT2D eigenvalue weighted by Crippen LogP contribution is 2.46. The minimum Gasteiger partial charge on any atom is -0.405 e. The molecule has 0 aliphatic carbocycles. The van der Waals surface area contributed by atoms with Gasteiger partial charge < -0.3 is 14.2 Å². The Balaban J connectivity index is 1.48. The molecule has 0 atom stereocenters. The zero-order valence-electron chi connectivity index (χ0n) is 27.4. The summed E-state index contributed by atoms with van der Waals surface area (Å²) in [5.74, 6) is 0. The lowest BCUT2D eigenvalue weighted by Crippen LogP contribution is -2.76. The Kier molecular flexibility index (Phi) is 10.2. The van der Waals surface area contributed by atoms with Gasteiger partial charge in [0.15, 0.2) is 0 Å². The van der Waals surface area contributed by atoms with Crippen molar-refractivity contribution in [2.45, 2.75) is 35.5 Å². The van der Waals surface area contributed by atoms with Crippen molar-refractivity contribution in [1.82, 2.24) is 0 Å². The zero-order chi connectivity index (χ0) is 32.9. The third kappa shape index (κ3) is 7.34. The van der Waals surface area contributed by atoms with E-state index in [1.54, 1.807) is 0 Å². The molecule has 48 heavy (non-hydrogen) atoms. The highest BCUT2D eigenvalue weighted by Gasteiger charge is 2.56. The van der Waals surface area contributed by atoms with Crippen LogP contribution < -0.4 is 14.2 Å². The van der Waals surface area contributed by atoms with E-state index in [0.717, 1.165) is 0 Å². The SMILES string of the molecule is Cc1ccc(SB2N(c3ccccc3)B(Sc3ccc(C)cc3)N(c3ccccc3)B(Sc3ccc(C)cc3)N2c2ccccc2)cc1. The topological polar surface area (TPSA) is 9.72 Å². The fourth-order valence-corrected chi connectivity index (χ4v) is 9.80. The summed E-state index contributed by atoms with van der Waals surface area (Å²) in [6.45, 7) is 6.46. The van der Waals surface area contributed by atoms with Crippen LogP contribution in [0.5, 0.6) is 0 Å². The first kappa shape index (κ1) is 32.5. The van der Waals surface area contributed by atoms with Crippen LogP contribution in [0.1, 0.15) is 16.7 Å². The first-order chi connectivity index (χ1) is 23.5. The molecular formula is C39H36B3N3S3. The normalized spacial score (nSPS) is 13.3. The monoisotopic (exact) mass is 675 g/mol. The molecule has 0 aromatic heterocycles. The predicted octanol–water partition coefficient (Wildman–Crippen LogP) is 10.8. The molecule has 1 aliphatic heterocycles. The van der Waals surface area contributed by atoms with E-state index in [1.165, 1.54) is 48.4 Å². The maximum absolute atomic E-state index is 2.61. The average molecular weight is 675 g/mol. The van der Waals surface area contributed by atoms with Gasteiger partial charge in [0.05, 0.1) is 0 Å². The van der Waals surface area contributed by atoms with Crippen LogP contribution in [0.4, 0.5) is 17.1 Å². The number of para-hydroxylation sites is 3. The highest BCUT2D eigenvalue weighted by molar-refractivity contribution is 8.34. The van der Waals surface area contributed by atoms with Crippen LogP contribution in [0.2, 0.25) is 0 Å². The smallest absolute Gasteiger partial charge is 0.405 e. The van der Waals surface area contributed by atoms with Crippen LogP contribution in [0.15, 0.2) is 178 Å². The van der Waals surface area contributed by atoms with Crippen molar-refractivity contribution in [3.63, 3.8) is 0 Å². The van der Waals surface area contributed by atoms with Gasteiger partial charge in [0.25, 0.3) is 0 Å². The largest absolute Gasteiger partial charge is 0.430 e. The lowest BCUT2D eigenvalue weighted by Gasteiger charge is -2.55. The van der Waals surface area contributed by atoms with Crippen molar-refractivity contribution in [3.05, 3.63) is 180 Å². The van der Waals surface area contributed by atoms with Crippen LogP contribution >= 0.6 is 34.8 Å². The quantitative estimate of drug-likeness (QED) is 0.140. The van der Waals surface area contributed by atoms with Crippen molar-refractivity contribution < 1.29 is 0 Å². The molecule has 1 fully saturated rings. The van der Waals surface area contributed by atoms with Gasteiger partial charge in [-0.25, -0.2) is 0 Å². The summed E-state index contributed by atoms with van der Waals surface area (Å²) < 4.78 is 7.84. The molecule has 0 unspecified atom stereocenters. The Morgan fingerprint density at radius 2 is 0.542 bits per heavy atom. The molecule has 0 amide bonds. The molecule has 234 valence electrons. The lowest BCUT2D eigenvalue weighted by atomic mass is 9.69. The van der Waals surface area contributed by atoms with E-state index in [0.29, 0.717) is 0 Å². The summed E-state index contributed by atoms with van der Waals surface area (Å²) in [5, 5.41) is 0. The van der Waals surface area contributed by atoms with E-state index < -0.39 is 0 Å². The lowest BCUT2D eigenvalue weighted by molar-refractivity contribution is 1.32. The van der Waals surface area contributed by atoms with E-state index in [-0.39, 0.29) is 18.8 Å². The fourth-order valence-electron chi connectivity index (χ4n) is 5.85. The van der Waals surface area contributed by atoms with Crippen LogP contribution in [-0.4, -0.2) is 18.8 Å². The summed E-state index contributed by atoms with van der Waals surface area (Å²) in [4.78, 5) is 3.70. The van der Waals surface area contributed by atoms with Crippen LogP contribution in [0.3, 0.4) is 0 Å². The summed E-state index contributed by atoms with van der Waals surface area (Å²) >= 11 is 5.73. The van der Waals surface area contributed by atoms with Crippen LogP contribution in [0.25, 0.3) is 0 Å². The number of hydrogen-bond acceptors (Lipinski definition) is 6. The molecule has 1 heterocycles. The van der Waals surface area contributed by atoms with Gasteiger partial charge in [0, 0.05) is 31.7 Å². The standard InChI is InChI=1S/C39H36B3N3S3/c1-31-19-25-37(26-20-31)46-40-43(34-13-7-4-8-14-34)41(47-38-27-21-32(2)22-28-38)45(36-17-11-6-12-18-36)42(44(40)35-15-9-5-10-16-35)48-39-29-23-33(3)24-30-39/h4-30H,1-3H3. The second kappa shape index (κ2) is 15.0. The van der Waals surface area contributed by atoms with Gasteiger partial charge in [0.1, 0.15) is 0 Å². The molecule has 0 N–H and O–H groups in total. The number of benzene rings is 6. The Bertz CT molecular complexity index is 1660. The molecule has 7 rings (SSSR count). The molecule has 0 saturated carbocycles. The molecule has 9 heteroatoms. The van der Waals surface area contributed by atoms with Crippen LogP contribution in [-0.2, 0) is 0 Å². The maximum Gasteiger partial charge on any atom is 0.430 e. The Morgan fingerprint density at radius 3 is 0.771 bits per heavy atom. The number of anilines is 3. The second-order valence-corrected chi connectivity index (χ2v) is 15.4. The molecule has 0 radical (unpaired) electrons. The number of nitrogens with zero attached hydrogens (tertiary/aromatic N) is 3. The molecule has 1 aliphatic rings. The Labute approximate surface area is 299 Å². The Morgan fingerprint density at radius 1 is 0.312 bits per heavy atom. The van der Waals surface area contributed by atoms with Crippen molar-refractivity contribution in [3.8, 4) is 0 Å². The van der Waals surface area contributed by atoms with Crippen molar-refractivity contribution in [1.29, 1.82) is 0 Å². The third-order valence-electron chi connectivity index (χ3n) is 8.38. The first-order valence-electron chi connectivity index (χ1n) is 16.2. The molecule has 1 saturated heterocycles. The summed E-state index contributed by atoms with van der Waals surface area (Å²) in [7, 11) is 0. The van der Waals surface area contributed by atoms with Crippen molar-refractivity contribution in [2.75, 3.05) is 14.2 Å².